The van der Waals surface area contributed by atoms with Crippen LogP contribution in [0, 0.1) is 0 Å². The predicted octanol–water partition coefficient (Wildman–Crippen LogP) is 3.20. The molecular formula is C13H21ClN2O. The Bertz CT molecular complexity index is 320. The molecule has 17 heavy (non-hydrogen) atoms. The minimum absolute atomic E-state index is 0.0789. The van der Waals surface area contributed by atoms with Gasteiger partial charge in [-0.3, -0.25) is 4.98 Å². The highest BCUT2D eigenvalue weighted by Crippen LogP contribution is 2.20. The molecule has 0 spiro atoms. The SMILES string of the molecule is CCCNC(COCCC)c1ncccc1Cl. The predicted molar refractivity (Wildman–Crippen MR) is 71.4 cm³/mol. The van der Waals surface area contributed by atoms with E-state index in [0.29, 0.717) is 11.6 Å². The van der Waals surface area contributed by atoms with E-state index < -0.39 is 0 Å². The van der Waals surface area contributed by atoms with Crippen molar-refractivity contribution in [1.82, 2.24) is 10.3 Å². The summed E-state index contributed by atoms with van der Waals surface area (Å²) in [6, 6.07) is 3.79. The molecule has 1 heterocycles. The lowest BCUT2D eigenvalue weighted by atomic mass is 10.2. The zero-order chi connectivity index (χ0) is 12.5. The van der Waals surface area contributed by atoms with Gasteiger partial charge >= 0.3 is 0 Å². The van der Waals surface area contributed by atoms with Crippen LogP contribution in [0.2, 0.25) is 5.02 Å². The molecule has 1 aromatic heterocycles. The smallest absolute Gasteiger partial charge is 0.0782 e. The van der Waals surface area contributed by atoms with E-state index in [1.807, 2.05) is 12.1 Å². The Balaban J connectivity index is 2.64. The minimum atomic E-state index is 0.0789. The van der Waals surface area contributed by atoms with E-state index in [4.69, 9.17) is 16.3 Å². The van der Waals surface area contributed by atoms with Crippen LogP contribution in [-0.2, 0) is 4.74 Å². The second-order valence-corrected chi connectivity index (χ2v) is 4.36. The van der Waals surface area contributed by atoms with Crippen molar-refractivity contribution in [3.63, 3.8) is 0 Å². The molecule has 0 aliphatic carbocycles. The molecule has 1 aromatic rings. The van der Waals surface area contributed by atoms with Crippen molar-refractivity contribution in [3.05, 3.63) is 29.0 Å². The normalized spacial score (nSPS) is 12.6. The second-order valence-electron chi connectivity index (χ2n) is 3.95. The molecule has 1 unspecified atom stereocenters. The number of halogens is 1. The van der Waals surface area contributed by atoms with E-state index in [1.54, 1.807) is 6.20 Å². The molecule has 0 aliphatic rings. The summed E-state index contributed by atoms with van der Waals surface area (Å²) in [5, 5.41) is 4.11. The second kappa shape index (κ2) is 8.45. The summed E-state index contributed by atoms with van der Waals surface area (Å²) in [5.41, 5.74) is 0.874. The molecule has 0 aliphatic heterocycles. The third-order valence-electron chi connectivity index (χ3n) is 2.39. The molecule has 1 rings (SSSR count). The monoisotopic (exact) mass is 256 g/mol. The van der Waals surface area contributed by atoms with Gasteiger partial charge < -0.3 is 10.1 Å². The number of aromatic nitrogens is 1. The van der Waals surface area contributed by atoms with Gasteiger partial charge in [0.05, 0.1) is 23.4 Å². The lowest BCUT2D eigenvalue weighted by Crippen LogP contribution is -2.27. The highest BCUT2D eigenvalue weighted by molar-refractivity contribution is 6.31. The summed E-state index contributed by atoms with van der Waals surface area (Å²) in [4.78, 5) is 4.34. The van der Waals surface area contributed by atoms with E-state index in [0.717, 1.165) is 31.7 Å². The first kappa shape index (κ1) is 14.4. The maximum absolute atomic E-state index is 6.15. The van der Waals surface area contributed by atoms with Crippen molar-refractivity contribution in [2.45, 2.75) is 32.7 Å². The molecule has 3 nitrogen and oxygen atoms in total. The molecule has 0 amide bonds. The van der Waals surface area contributed by atoms with Crippen LogP contribution in [0.1, 0.15) is 38.4 Å². The fourth-order valence-corrected chi connectivity index (χ4v) is 1.81. The van der Waals surface area contributed by atoms with Crippen LogP contribution < -0.4 is 5.32 Å². The standard InChI is InChI=1S/C13H21ClN2O/c1-3-7-15-12(10-17-9-4-2)13-11(14)6-5-8-16-13/h5-6,8,12,15H,3-4,7,9-10H2,1-2H3. The number of ether oxygens (including phenoxy) is 1. The summed E-state index contributed by atoms with van der Waals surface area (Å²) in [6.45, 7) is 6.56. The summed E-state index contributed by atoms with van der Waals surface area (Å²) in [7, 11) is 0. The summed E-state index contributed by atoms with van der Waals surface area (Å²) in [6.07, 6.45) is 3.87. The highest BCUT2D eigenvalue weighted by atomic mass is 35.5. The number of nitrogens with one attached hydrogen (secondary N) is 1. The van der Waals surface area contributed by atoms with E-state index >= 15 is 0 Å². The Morgan fingerprint density at radius 2 is 2.24 bits per heavy atom. The van der Waals surface area contributed by atoms with E-state index in [-0.39, 0.29) is 6.04 Å². The number of hydrogen-bond acceptors (Lipinski definition) is 3. The Morgan fingerprint density at radius 1 is 1.41 bits per heavy atom. The fraction of sp³-hybridized carbons (Fsp3) is 0.615. The number of hydrogen-bond donors (Lipinski definition) is 1. The van der Waals surface area contributed by atoms with Gasteiger partial charge in [-0.25, -0.2) is 0 Å². The first-order chi connectivity index (χ1) is 8.29. The lowest BCUT2D eigenvalue weighted by molar-refractivity contribution is 0.111. The molecule has 1 N–H and O–H groups in total. The van der Waals surface area contributed by atoms with E-state index in [2.05, 4.69) is 24.1 Å². The van der Waals surface area contributed by atoms with E-state index in [1.165, 1.54) is 0 Å². The van der Waals surface area contributed by atoms with Crippen LogP contribution in [0.15, 0.2) is 18.3 Å². The maximum atomic E-state index is 6.15. The zero-order valence-electron chi connectivity index (χ0n) is 10.6. The number of pyridine rings is 1. The Labute approximate surface area is 109 Å². The van der Waals surface area contributed by atoms with Crippen LogP contribution in [0.3, 0.4) is 0 Å². The van der Waals surface area contributed by atoms with Crippen molar-refractivity contribution in [2.75, 3.05) is 19.8 Å². The van der Waals surface area contributed by atoms with Crippen molar-refractivity contribution in [2.24, 2.45) is 0 Å². The molecule has 0 fully saturated rings. The van der Waals surface area contributed by atoms with Gasteiger partial charge in [0.25, 0.3) is 0 Å². The van der Waals surface area contributed by atoms with Crippen LogP contribution in [-0.4, -0.2) is 24.7 Å². The molecule has 4 heteroatoms. The van der Waals surface area contributed by atoms with Gasteiger partial charge in [0.15, 0.2) is 0 Å². The summed E-state index contributed by atoms with van der Waals surface area (Å²) in [5.74, 6) is 0. The maximum Gasteiger partial charge on any atom is 0.0782 e. The molecule has 96 valence electrons. The minimum Gasteiger partial charge on any atom is -0.379 e. The van der Waals surface area contributed by atoms with Crippen LogP contribution in [0.25, 0.3) is 0 Å². The molecular weight excluding hydrogens is 236 g/mol. The molecule has 0 bridgehead atoms. The summed E-state index contributed by atoms with van der Waals surface area (Å²) < 4.78 is 5.59. The molecule has 0 saturated carbocycles. The third kappa shape index (κ3) is 5.02. The zero-order valence-corrected chi connectivity index (χ0v) is 11.3. The Hall–Kier alpha value is -0.640. The molecule has 1 atom stereocenters. The molecule has 0 aromatic carbocycles. The fourth-order valence-electron chi connectivity index (χ4n) is 1.55. The number of nitrogens with zero attached hydrogens (tertiary/aromatic N) is 1. The van der Waals surface area contributed by atoms with Gasteiger partial charge in [0.2, 0.25) is 0 Å². The van der Waals surface area contributed by atoms with Crippen molar-refractivity contribution < 1.29 is 4.74 Å². The first-order valence-corrected chi connectivity index (χ1v) is 6.58. The third-order valence-corrected chi connectivity index (χ3v) is 2.71. The van der Waals surface area contributed by atoms with Crippen molar-refractivity contribution in [3.8, 4) is 0 Å². The van der Waals surface area contributed by atoms with E-state index in [9.17, 15) is 0 Å². The van der Waals surface area contributed by atoms with Gasteiger partial charge in [-0.2, -0.15) is 0 Å². The first-order valence-electron chi connectivity index (χ1n) is 6.21. The average molecular weight is 257 g/mol. The number of rotatable bonds is 8. The Kier molecular flexibility index (Phi) is 7.17. The summed E-state index contributed by atoms with van der Waals surface area (Å²) >= 11 is 6.15. The van der Waals surface area contributed by atoms with Crippen molar-refractivity contribution in [1.29, 1.82) is 0 Å². The van der Waals surface area contributed by atoms with Gasteiger partial charge in [0, 0.05) is 12.8 Å². The Morgan fingerprint density at radius 3 is 2.88 bits per heavy atom. The topological polar surface area (TPSA) is 34.1 Å². The highest BCUT2D eigenvalue weighted by Gasteiger charge is 2.15. The van der Waals surface area contributed by atoms with Gasteiger partial charge in [0.1, 0.15) is 0 Å². The van der Waals surface area contributed by atoms with Gasteiger partial charge in [-0.05, 0) is 31.5 Å². The van der Waals surface area contributed by atoms with Gasteiger partial charge in [-0.1, -0.05) is 25.4 Å². The molecule has 0 saturated heterocycles. The van der Waals surface area contributed by atoms with Gasteiger partial charge in [-0.15, -0.1) is 0 Å². The lowest BCUT2D eigenvalue weighted by Gasteiger charge is -2.19. The quantitative estimate of drug-likeness (QED) is 0.726. The molecule has 0 radical (unpaired) electrons. The average Bonchev–Trinajstić information content (AvgIpc) is 2.35. The largest absolute Gasteiger partial charge is 0.379 e. The van der Waals surface area contributed by atoms with Crippen molar-refractivity contribution >= 4 is 11.6 Å². The van der Waals surface area contributed by atoms with Crippen LogP contribution in [0.4, 0.5) is 0 Å². The van der Waals surface area contributed by atoms with Crippen LogP contribution in [0.5, 0.6) is 0 Å². The van der Waals surface area contributed by atoms with Crippen LogP contribution >= 0.6 is 11.6 Å².